The molecule has 1 aromatic rings. The highest BCUT2D eigenvalue weighted by molar-refractivity contribution is 5.36. The summed E-state index contributed by atoms with van der Waals surface area (Å²) < 4.78 is 11.3. The smallest absolute Gasteiger partial charge is 0.122 e. The average Bonchev–Trinajstić information content (AvgIpc) is 2.84. The lowest BCUT2D eigenvalue weighted by Crippen LogP contribution is -2.11. The Morgan fingerprint density at radius 1 is 1.50 bits per heavy atom. The maximum atomic E-state index is 9.50. The van der Waals surface area contributed by atoms with E-state index in [4.69, 9.17) is 9.47 Å². The number of benzene rings is 1. The molecule has 0 amide bonds. The van der Waals surface area contributed by atoms with Crippen molar-refractivity contribution in [1.29, 1.82) is 0 Å². The molecule has 0 bridgehead atoms. The van der Waals surface area contributed by atoms with Crippen LogP contribution in [0.3, 0.4) is 0 Å². The van der Waals surface area contributed by atoms with Gasteiger partial charge in [-0.3, -0.25) is 0 Å². The standard InChI is InChI=1S/C15H22O3/c1-11-10-13(12(2)16)5-6-15(11)18-9-7-14-4-3-8-17-14/h5-6,10,12,14,16H,3-4,7-9H2,1-2H3. The minimum absolute atomic E-state index is 0.377. The fraction of sp³-hybridized carbons (Fsp3) is 0.600. The zero-order valence-corrected chi connectivity index (χ0v) is 11.2. The zero-order chi connectivity index (χ0) is 13.0. The summed E-state index contributed by atoms with van der Waals surface area (Å²) in [5.74, 6) is 0.900. The van der Waals surface area contributed by atoms with Gasteiger partial charge in [-0.25, -0.2) is 0 Å². The predicted octanol–water partition coefficient (Wildman–Crippen LogP) is 3.00. The number of rotatable bonds is 5. The van der Waals surface area contributed by atoms with Crippen LogP contribution < -0.4 is 4.74 Å². The summed E-state index contributed by atoms with van der Waals surface area (Å²) in [5, 5.41) is 9.50. The molecule has 2 rings (SSSR count). The van der Waals surface area contributed by atoms with Crippen molar-refractivity contribution in [2.24, 2.45) is 0 Å². The monoisotopic (exact) mass is 250 g/mol. The minimum Gasteiger partial charge on any atom is -0.493 e. The molecule has 0 saturated carbocycles. The Morgan fingerprint density at radius 2 is 2.33 bits per heavy atom. The minimum atomic E-state index is -0.426. The van der Waals surface area contributed by atoms with E-state index in [1.54, 1.807) is 6.92 Å². The number of aryl methyl sites for hydroxylation is 1. The van der Waals surface area contributed by atoms with E-state index in [2.05, 4.69) is 0 Å². The molecule has 1 heterocycles. The number of aliphatic hydroxyl groups excluding tert-OH is 1. The van der Waals surface area contributed by atoms with Crippen LogP contribution in [-0.2, 0) is 4.74 Å². The predicted molar refractivity (Wildman–Crippen MR) is 70.9 cm³/mol. The number of ether oxygens (including phenoxy) is 2. The molecule has 1 aromatic carbocycles. The van der Waals surface area contributed by atoms with Crippen molar-refractivity contribution in [1.82, 2.24) is 0 Å². The molecule has 1 fully saturated rings. The second-order valence-electron chi connectivity index (χ2n) is 4.97. The maximum Gasteiger partial charge on any atom is 0.122 e. The molecule has 100 valence electrons. The van der Waals surface area contributed by atoms with Crippen LogP contribution >= 0.6 is 0 Å². The number of hydrogen-bond acceptors (Lipinski definition) is 3. The molecule has 1 saturated heterocycles. The second kappa shape index (κ2) is 6.21. The van der Waals surface area contributed by atoms with Gasteiger partial charge in [0, 0.05) is 13.0 Å². The van der Waals surface area contributed by atoms with Crippen molar-refractivity contribution in [3.05, 3.63) is 29.3 Å². The van der Waals surface area contributed by atoms with E-state index in [1.165, 1.54) is 6.42 Å². The lowest BCUT2D eigenvalue weighted by molar-refractivity contribution is 0.0902. The third-order valence-electron chi connectivity index (χ3n) is 3.40. The van der Waals surface area contributed by atoms with E-state index in [0.29, 0.717) is 12.7 Å². The van der Waals surface area contributed by atoms with Gasteiger partial charge in [0.1, 0.15) is 5.75 Å². The van der Waals surface area contributed by atoms with Gasteiger partial charge in [-0.2, -0.15) is 0 Å². The summed E-state index contributed by atoms with van der Waals surface area (Å²) in [6, 6.07) is 5.83. The molecule has 2 atom stereocenters. The normalized spacial score (nSPS) is 20.9. The highest BCUT2D eigenvalue weighted by Gasteiger charge is 2.15. The third-order valence-corrected chi connectivity index (χ3v) is 3.40. The van der Waals surface area contributed by atoms with Gasteiger partial charge in [0.05, 0.1) is 18.8 Å². The van der Waals surface area contributed by atoms with E-state index >= 15 is 0 Å². The molecule has 3 nitrogen and oxygen atoms in total. The summed E-state index contributed by atoms with van der Waals surface area (Å²) in [4.78, 5) is 0. The first-order valence-corrected chi connectivity index (χ1v) is 6.70. The topological polar surface area (TPSA) is 38.7 Å². The van der Waals surface area contributed by atoms with Gasteiger partial charge in [0.15, 0.2) is 0 Å². The van der Waals surface area contributed by atoms with E-state index in [9.17, 15) is 5.11 Å². The molecular formula is C15H22O3. The molecule has 0 radical (unpaired) electrons. The fourth-order valence-electron chi connectivity index (χ4n) is 2.27. The van der Waals surface area contributed by atoms with Gasteiger partial charge < -0.3 is 14.6 Å². The first-order valence-electron chi connectivity index (χ1n) is 6.70. The van der Waals surface area contributed by atoms with Crippen LogP contribution in [0.15, 0.2) is 18.2 Å². The van der Waals surface area contributed by atoms with Crippen LogP contribution in [0, 0.1) is 6.92 Å². The molecule has 18 heavy (non-hydrogen) atoms. The molecular weight excluding hydrogens is 228 g/mol. The van der Waals surface area contributed by atoms with Crippen molar-refractivity contribution in [2.75, 3.05) is 13.2 Å². The van der Waals surface area contributed by atoms with Crippen LogP contribution in [-0.4, -0.2) is 24.4 Å². The van der Waals surface area contributed by atoms with E-state index in [1.807, 2.05) is 25.1 Å². The highest BCUT2D eigenvalue weighted by atomic mass is 16.5. The quantitative estimate of drug-likeness (QED) is 0.873. The van der Waals surface area contributed by atoms with Gasteiger partial charge in [0.25, 0.3) is 0 Å². The first-order chi connectivity index (χ1) is 8.66. The number of aliphatic hydroxyl groups is 1. The van der Waals surface area contributed by atoms with Gasteiger partial charge in [-0.05, 0) is 49.9 Å². The van der Waals surface area contributed by atoms with Crippen LogP contribution in [0.5, 0.6) is 5.75 Å². The van der Waals surface area contributed by atoms with Gasteiger partial charge in [-0.1, -0.05) is 6.07 Å². The third kappa shape index (κ3) is 3.47. The molecule has 0 aliphatic carbocycles. The fourth-order valence-corrected chi connectivity index (χ4v) is 2.27. The lowest BCUT2D eigenvalue weighted by Gasteiger charge is -2.13. The molecule has 0 aromatic heterocycles. The van der Waals surface area contributed by atoms with Crippen molar-refractivity contribution < 1.29 is 14.6 Å². The van der Waals surface area contributed by atoms with Crippen LogP contribution in [0.2, 0.25) is 0 Å². The Labute approximate surface area is 109 Å². The van der Waals surface area contributed by atoms with Crippen molar-refractivity contribution in [3.8, 4) is 5.75 Å². The Hall–Kier alpha value is -1.06. The average molecular weight is 250 g/mol. The summed E-state index contributed by atoms with van der Waals surface area (Å²) in [5.41, 5.74) is 2.00. The number of hydrogen-bond donors (Lipinski definition) is 1. The molecule has 0 spiro atoms. The highest BCUT2D eigenvalue weighted by Crippen LogP contribution is 2.23. The largest absolute Gasteiger partial charge is 0.493 e. The van der Waals surface area contributed by atoms with Gasteiger partial charge in [0.2, 0.25) is 0 Å². The van der Waals surface area contributed by atoms with Crippen LogP contribution in [0.4, 0.5) is 0 Å². The van der Waals surface area contributed by atoms with Crippen LogP contribution in [0.1, 0.15) is 43.4 Å². The van der Waals surface area contributed by atoms with E-state index < -0.39 is 6.10 Å². The summed E-state index contributed by atoms with van der Waals surface area (Å²) in [7, 11) is 0. The van der Waals surface area contributed by atoms with E-state index in [0.717, 1.165) is 36.3 Å². The summed E-state index contributed by atoms with van der Waals surface area (Å²) >= 11 is 0. The lowest BCUT2D eigenvalue weighted by atomic mass is 10.1. The SMILES string of the molecule is Cc1cc(C(C)O)ccc1OCCC1CCCO1. The first kappa shape index (κ1) is 13.4. The summed E-state index contributed by atoms with van der Waals surface area (Å²) in [6.07, 6.45) is 3.24. The van der Waals surface area contributed by atoms with Crippen molar-refractivity contribution >= 4 is 0 Å². The van der Waals surface area contributed by atoms with Crippen LogP contribution in [0.25, 0.3) is 0 Å². The molecule has 1 N–H and O–H groups in total. The van der Waals surface area contributed by atoms with Crippen molar-refractivity contribution in [3.63, 3.8) is 0 Å². The maximum absolute atomic E-state index is 9.50. The molecule has 1 aliphatic heterocycles. The van der Waals surface area contributed by atoms with E-state index in [-0.39, 0.29) is 0 Å². The molecule has 2 unspecified atom stereocenters. The zero-order valence-electron chi connectivity index (χ0n) is 11.2. The van der Waals surface area contributed by atoms with Gasteiger partial charge in [-0.15, -0.1) is 0 Å². The molecule has 3 heteroatoms. The Balaban J connectivity index is 1.85. The van der Waals surface area contributed by atoms with Gasteiger partial charge >= 0.3 is 0 Å². The Kier molecular flexibility index (Phi) is 4.61. The summed E-state index contributed by atoms with van der Waals surface area (Å²) in [6.45, 7) is 5.37. The Bertz CT molecular complexity index is 381. The molecule has 1 aliphatic rings. The Morgan fingerprint density at radius 3 is 2.94 bits per heavy atom. The van der Waals surface area contributed by atoms with Crippen molar-refractivity contribution in [2.45, 2.75) is 45.3 Å². The second-order valence-corrected chi connectivity index (χ2v) is 4.97.